The highest BCUT2D eigenvalue weighted by atomic mass is 17.0. The molecule has 0 radical (unpaired) electrons. The van der Waals surface area contributed by atoms with E-state index in [9.17, 15) is 20.2 Å². The van der Waals surface area contributed by atoms with Crippen LogP contribution < -0.4 is 4.84 Å². The van der Waals surface area contributed by atoms with Gasteiger partial charge in [0.25, 0.3) is 0 Å². The van der Waals surface area contributed by atoms with Gasteiger partial charge in [0, 0.05) is 6.07 Å². The van der Waals surface area contributed by atoms with Crippen LogP contribution in [0.25, 0.3) is 10.8 Å². The number of nitrogens with zero attached hydrogens (tertiary/aromatic N) is 3. The molecule has 0 amide bonds. The summed E-state index contributed by atoms with van der Waals surface area (Å²) >= 11 is 0. The fourth-order valence-electron chi connectivity index (χ4n) is 1.42. The van der Waals surface area contributed by atoms with Gasteiger partial charge in [-0.1, -0.05) is 18.2 Å². The van der Waals surface area contributed by atoms with Crippen LogP contribution in [0, 0.1) is 20.2 Å². The summed E-state index contributed by atoms with van der Waals surface area (Å²) in [5.74, 6) is -0.889. The predicted molar refractivity (Wildman–Crippen MR) is 56.0 cm³/mol. The minimum Gasteiger partial charge on any atom is -0.358 e. The van der Waals surface area contributed by atoms with Gasteiger partial charge in [-0.2, -0.15) is 0 Å². The van der Waals surface area contributed by atoms with E-state index in [1.54, 1.807) is 18.2 Å². The van der Waals surface area contributed by atoms with Crippen LogP contribution in [0.5, 0.6) is 5.88 Å². The molecular formula is C9H5N3O5. The maximum Gasteiger partial charge on any atom is 0.373 e. The Bertz CT molecular complexity index is 613. The van der Waals surface area contributed by atoms with Gasteiger partial charge in [0.05, 0.1) is 5.39 Å². The van der Waals surface area contributed by atoms with E-state index in [0.717, 1.165) is 0 Å². The lowest BCUT2D eigenvalue weighted by Gasteiger charge is -2.00. The van der Waals surface area contributed by atoms with E-state index in [-0.39, 0.29) is 0 Å². The molecule has 0 fully saturated rings. The van der Waals surface area contributed by atoms with E-state index >= 15 is 0 Å². The molecule has 2 aromatic rings. The molecule has 0 saturated carbocycles. The first kappa shape index (κ1) is 10.7. The third-order valence-electron chi connectivity index (χ3n) is 2.04. The molecule has 86 valence electrons. The standard InChI is InChI=1S/C9H5N3O5/c13-11(14)9-7-4-2-1-3-6(7)5-8(10-9)17-12(15)16/h1-5H. The minimum absolute atomic E-state index is 0.299. The normalized spacial score (nSPS) is 10.1. The molecule has 0 N–H and O–H groups in total. The Hall–Kier alpha value is -2.77. The molecule has 0 atom stereocenters. The molecule has 17 heavy (non-hydrogen) atoms. The Kier molecular flexibility index (Phi) is 2.53. The van der Waals surface area contributed by atoms with E-state index in [1.807, 2.05) is 0 Å². The maximum atomic E-state index is 10.8. The quantitative estimate of drug-likeness (QED) is 0.591. The first-order valence-corrected chi connectivity index (χ1v) is 4.44. The Morgan fingerprint density at radius 3 is 2.53 bits per heavy atom. The van der Waals surface area contributed by atoms with Crippen molar-refractivity contribution in [2.45, 2.75) is 0 Å². The van der Waals surface area contributed by atoms with Crippen molar-refractivity contribution in [3.05, 3.63) is 50.6 Å². The van der Waals surface area contributed by atoms with Crippen molar-refractivity contribution in [3.8, 4) is 5.88 Å². The average molecular weight is 235 g/mol. The summed E-state index contributed by atoms with van der Waals surface area (Å²) in [7, 11) is 0. The second-order valence-electron chi connectivity index (χ2n) is 3.08. The third-order valence-corrected chi connectivity index (χ3v) is 2.04. The molecule has 2 rings (SSSR count). The molecule has 1 heterocycles. The van der Waals surface area contributed by atoms with Crippen LogP contribution in [0.15, 0.2) is 30.3 Å². The van der Waals surface area contributed by atoms with Crippen LogP contribution in [-0.4, -0.2) is 15.0 Å². The van der Waals surface area contributed by atoms with Crippen LogP contribution in [0.3, 0.4) is 0 Å². The molecule has 8 heteroatoms. The lowest BCUT2D eigenvalue weighted by atomic mass is 10.1. The van der Waals surface area contributed by atoms with Gasteiger partial charge in [0.15, 0.2) is 0 Å². The number of hydrogen-bond acceptors (Lipinski definition) is 6. The monoisotopic (exact) mass is 235 g/mol. The summed E-state index contributed by atoms with van der Waals surface area (Å²) in [4.78, 5) is 27.8. The van der Waals surface area contributed by atoms with Gasteiger partial charge in [-0.3, -0.25) is 0 Å². The molecule has 0 saturated heterocycles. The van der Waals surface area contributed by atoms with Gasteiger partial charge >= 0.3 is 16.8 Å². The largest absolute Gasteiger partial charge is 0.373 e. The molecule has 8 nitrogen and oxygen atoms in total. The summed E-state index contributed by atoms with van der Waals surface area (Å²) in [5, 5.41) is 20.6. The molecule has 0 spiro atoms. The first-order chi connectivity index (χ1) is 8.08. The van der Waals surface area contributed by atoms with Crippen LogP contribution in [0.1, 0.15) is 0 Å². The van der Waals surface area contributed by atoms with Crippen molar-refractivity contribution in [2.24, 2.45) is 0 Å². The predicted octanol–water partition coefficient (Wildman–Crippen LogP) is 1.71. The molecule has 0 unspecified atom stereocenters. The number of pyridine rings is 1. The minimum atomic E-state index is -1.07. The van der Waals surface area contributed by atoms with E-state index in [0.29, 0.717) is 10.8 Å². The van der Waals surface area contributed by atoms with Crippen molar-refractivity contribution in [1.29, 1.82) is 0 Å². The van der Waals surface area contributed by atoms with Gasteiger partial charge in [-0.05, 0) is 21.4 Å². The van der Waals surface area contributed by atoms with E-state index in [2.05, 4.69) is 9.82 Å². The number of hydrogen-bond donors (Lipinski definition) is 0. The Balaban J connectivity index is 2.67. The van der Waals surface area contributed by atoms with Gasteiger partial charge in [-0.25, -0.2) is 4.84 Å². The van der Waals surface area contributed by atoms with Gasteiger partial charge in [0.1, 0.15) is 0 Å². The zero-order valence-corrected chi connectivity index (χ0v) is 8.27. The van der Waals surface area contributed by atoms with Crippen molar-refractivity contribution in [3.63, 3.8) is 0 Å². The van der Waals surface area contributed by atoms with Gasteiger partial charge in [-0.15, -0.1) is 10.1 Å². The number of aromatic nitrogens is 1. The lowest BCUT2D eigenvalue weighted by Crippen LogP contribution is -2.06. The van der Waals surface area contributed by atoms with Crippen LogP contribution in [0.4, 0.5) is 5.82 Å². The summed E-state index contributed by atoms with van der Waals surface area (Å²) in [6, 6.07) is 7.63. The summed E-state index contributed by atoms with van der Waals surface area (Å²) < 4.78 is 0. The van der Waals surface area contributed by atoms with Crippen molar-refractivity contribution in [2.75, 3.05) is 0 Å². The fourth-order valence-corrected chi connectivity index (χ4v) is 1.42. The second-order valence-corrected chi connectivity index (χ2v) is 3.08. The average Bonchev–Trinajstić information content (AvgIpc) is 2.27. The van der Waals surface area contributed by atoms with Crippen molar-refractivity contribution in [1.82, 2.24) is 4.98 Å². The lowest BCUT2D eigenvalue weighted by molar-refractivity contribution is -0.712. The SMILES string of the molecule is O=[N+]([O-])Oc1cc2ccccc2c([N+](=O)[O-])n1. The van der Waals surface area contributed by atoms with Crippen LogP contribution >= 0.6 is 0 Å². The third kappa shape index (κ3) is 2.09. The Morgan fingerprint density at radius 1 is 1.18 bits per heavy atom. The highest BCUT2D eigenvalue weighted by molar-refractivity contribution is 5.89. The maximum absolute atomic E-state index is 10.8. The van der Waals surface area contributed by atoms with E-state index < -0.39 is 21.7 Å². The number of rotatable bonds is 3. The highest BCUT2D eigenvalue weighted by Gasteiger charge is 2.18. The first-order valence-electron chi connectivity index (χ1n) is 4.44. The topological polar surface area (TPSA) is 108 Å². The number of nitro groups is 1. The molecule has 1 aromatic heterocycles. The zero-order valence-electron chi connectivity index (χ0n) is 8.27. The molecule has 0 aliphatic rings. The van der Waals surface area contributed by atoms with E-state index in [4.69, 9.17) is 0 Å². The van der Waals surface area contributed by atoms with Gasteiger partial charge < -0.3 is 10.1 Å². The smallest absolute Gasteiger partial charge is 0.358 e. The van der Waals surface area contributed by atoms with Crippen LogP contribution in [-0.2, 0) is 0 Å². The summed E-state index contributed by atoms with van der Waals surface area (Å²) in [6.07, 6.45) is 0. The second kappa shape index (κ2) is 4.00. The molecule has 1 aromatic carbocycles. The Morgan fingerprint density at radius 2 is 1.88 bits per heavy atom. The number of fused-ring (bicyclic) bond motifs is 1. The Labute approximate surface area is 93.7 Å². The molecule has 0 aliphatic carbocycles. The van der Waals surface area contributed by atoms with Gasteiger partial charge in [0.2, 0.25) is 0 Å². The van der Waals surface area contributed by atoms with Crippen molar-refractivity contribution < 1.29 is 14.8 Å². The molecule has 0 bridgehead atoms. The summed E-state index contributed by atoms with van der Waals surface area (Å²) in [6.45, 7) is 0. The molecule has 0 aliphatic heterocycles. The molecular weight excluding hydrogens is 230 g/mol. The fraction of sp³-hybridized carbons (Fsp3) is 0. The zero-order chi connectivity index (χ0) is 12.4. The van der Waals surface area contributed by atoms with Crippen LogP contribution in [0.2, 0.25) is 0 Å². The highest BCUT2D eigenvalue weighted by Crippen LogP contribution is 2.27. The van der Waals surface area contributed by atoms with Crippen molar-refractivity contribution >= 4 is 16.6 Å². The number of benzene rings is 1. The van der Waals surface area contributed by atoms with E-state index in [1.165, 1.54) is 12.1 Å². The summed E-state index contributed by atoms with van der Waals surface area (Å²) in [5.41, 5.74) is 0.